The van der Waals surface area contributed by atoms with E-state index in [9.17, 15) is 4.79 Å². The largest absolute Gasteiger partial charge is 0.339 e. The van der Waals surface area contributed by atoms with Crippen LogP contribution in [0.2, 0.25) is 0 Å². The van der Waals surface area contributed by atoms with Gasteiger partial charge in [0.25, 0.3) is 0 Å². The Balaban J connectivity index is 1.63. The van der Waals surface area contributed by atoms with Crippen molar-refractivity contribution in [1.29, 1.82) is 0 Å². The Hall–Kier alpha value is -1.54. The van der Waals surface area contributed by atoms with Gasteiger partial charge in [-0.25, -0.2) is 4.68 Å². The molecule has 1 aliphatic rings. The molecular weight excluding hydrogens is 318 g/mol. The number of nitrogen functional groups attached to an aromatic ring is 1. The molecule has 22 heavy (non-hydrogen) atoms. The molecule has 8 heteroatoms. The Labute approximate surface area is 137 Å². The van der Waals surface area contributed by atoms with E-state index in [1.165, 1.54) is 22.9 Å². The van der Waals surface area contributed by atoms with Gasteiger partial charge in [0, 0.05) is 12.6 Å². The van der Waals surface area contributed by atoms with Crippen LogP contribution in [-0.4, -0.2) is 44.0 Å². The summed E-state index contributed by atoms with van der Waals surface area (Å²) >= 11 is 2.91. The van der Waals surface area contributed by atoms with Crippen LogP contribution in [-0.2, 0) is 4.79 Å². The van der Waals surface area contributed by atoms with Crippen LogP contribution in [0.25, 0.3) is 10.7 Å². The summed E-state index contributed by atoms with van der Waals surface area (Å²) in [4.78, 5) is 15.3. The van der Waals surface area contributed by atoms with E-state index in [1.54, 1.807) is 11.3 Å². The van der Waals surface area contributed by atoms with E-state index in [2.05, 4.69) is 17.1 Å². The van der Waals surface area contributed by atoms with E-state index in [4.69, 9.17) is 5.84 Å². The molecule has 0 bridgehead atoms. The smallest absolute Gasteiger partial charge is 0.233 e. The van der Waals surface area contributed by atoms with E-state index in [0.717, 1.165) is 24.3 Å². The Bertz CT molecular complexity index is 640. The fourth-order valence-corrected chi connectivity index (χ4v) is 4.08. The van der Waals surface area contributed by atoms with Crippen molar-refractivity contribution in [2.24, 2.45) is 0 Å². The van der Waals surface area contributed by atoms with Gasteiger partial charge in [0.1, 0.15) is 0 Å². The number of carbonyl (C=O) groups is 1. The number of hydrogen-bond acceptors (Lipinski definition) is 6. The molecule has 3 rings (SSSR count). The van der Waals surface area contributed by atoms with Gasteiger partial charge in [-0.3, -0.25) is 4.79 Å². The number of rotatable bonds is 4. The standard InChI is InChI=1S/C14H19N5OS2/c1-10-5-2-3-7-18(10)12(20)9-22-14-17-16-13(19(14)15)11-6-4-8-21-11/h4,6,8,10H,2-3,5,7,9,15H2,1H3/t10-/m0/s1. The number of amides is 1. The van der Waals surface area contributed by atoms with Crippen molar-refractivity contribution in [3.05, 3.63) is 17.5 Å². The second-order valence-corrected chi connectivity index (χ2v) is 7.26. The lowest BCUT2D eigenvalue weighted by Crippen LogP contribution is -2.43. The first-order valence-electron chi connectivity index (χ1n) is 7.33. The zero-order valence-corrected chi connectivity index (χ0v) is 14.1. The molecule has 0 spiro atoms. The van der Waals surface area contributed by atoms with Gasteiger partial charge in [0.15, 0.2) is 5.82 Å². The molecule has 1 amide bonds. The fraction of sp³-hybridized carbons (Fsp3) is 0.500. The minimum Gasteiger partial charge on any atom is -0.339 e. The van der Waals surface area contributed by atoms with E-state index in [1.807, 2.05) is 22.4 Å². The number of likely N-dealkylation sites (tertiary alicyclic amines) is 1. The van der Waals surface area contributed by atoms with Crippen molar-refractivity contribution < 1.29 is 4.79 Å². The minimum atomic E-state index is 0.151. The van der Waals surface area contributed by atoms with Gasteiger partial charge < -0.3 is 10.7 Å². The molecule has 1 atom stereocenters. The Morgan fingerprint density at radius 3 is 3.09 bits per heavy atom. The van der Waals surface area contributed by atoms with Crippen molar-refractivity contribution in [3.63, 3.8) is 0 Å². The van der Waals surface area contributed by atoms with E-state index >= 15 is 0 Å². The topological polar surface area (TPSA) is 77.0 Å². The summed E-state index contributed by atoms with van der Waals surface area (Å²) in [6.07, 6.45) is 3.39. The first-order chi connectivity index (χ1) is 10.7. The molecule has 2 N–H and O–H groups in total. The van der Waals surface area contributed by atoms with Gasteiger partial charge in [-0.2, -0.15) is 0 Å². The predicted octanol–water partition coefficient (Wildman–Crippen LogP) is 2.21. The summed E-state index contributed by atoms with van der Waals surface area (Å²) in [5, 5.41) is 10.8. The summed E-state index contributed by atoms with van der Waals surface area (Å²) in [6, 6.07) is 4.23. The van der Waals surface area contributed by atoms with Crippen LogP contribution < -0.4 is 5.84 Å². The number of piperidine rings is 1. The predicted molar refractivity (Wildman–Crippen MR) is 89.2 cm³/mol. The molecule has 0 saturated carbocycles. The van der Waals surface area contributed by atoms with Crippen LogP contribution in [0, 0.1) is 0 Å². The summed E-state index contributed by atoms with van der Waals surface area (Å²) < 4.78 is 1.46. The molecule has 1 saturated heterocycles. The number of carbonyl (C=O) groups excluding carboxylic acids is 1. The Kier molecular flexibility index (Phi) is 4.68. The number of hydrogen-bond donors (Lipinski definition) is 1. The molecule has 1 fully saturated rings. The zero-order valence-electron chi connectivity index (χ0n) is 12.4. The van der Waals surface area contributed by atoms with Gasteiger partial charge in [0.05, 0.1) is 10.6 Å². The van der Waals surface area contributed by atoms with Crippen molar-refractivity contribution in [3.8, 4) is 10.7 Å². The quantitative estimate of drug-likeness (QED) is 0.684. The molecule has 0 aliphatic carbocycles. The average Bonchev–Trinajstić information content (AvgIpc) is 3.15. The second kappa shape index (κ2) is 6.70. The maximum atomic E-state index is 12.3. The molecule has 2 aromatic rings. The normalized spacial score (nSPS) is 18.6. The average molecular weight is 337 g/mol. The summed E-state index contributed by atoms with van der Waals surface area (Å²) in [5.41, 5.74) is 0. The fourth-order valence-electron chi connectivity index (χ4n) is 2.63. The molecule has 1 aliphatic heterocycles. The van der Waals surface area contributed by atoms with E-state index in [0.29, 0.717) is 22.8 Å². The highest BCUT2D eigenvalue weighted by Gasteiger charge is 2.24. The molecule has 118 valence electrons. The maximum absolute atomic E-state index is 12.3. The number of thioether (sulfide) groups is 1. The summed E-state index contributed by atoms with van der Waals surface area (Å²) in [6.45, 7) is 2.97. The lowest BCUT2D eigenvalue weighted by atomic mass is 10.0. The molecule has 0 unspecified atom stereocenters. The van der Waals surface area contributed by atoms with Crippen LogP contribution in [0.3, 0.4) is 0 Å². The number of thiophene rings is 1. The van der Waals surface area contributed by atoms with Crippen LogP contribution in [0.5, 0.6) is 0 Å². The monoisotopic (exact) mass is 337 g/mol. The summed E-state index contributed by atoms with van der Waals surface area (Å²) in [5.74, 6) is 7.18. The molecule has 0 radical (unpaired) electrons. The van der Waals surface area contributed by atoms with Crippen LogP contribution >= 0.6 is 23.1 Å². The zero-order chi connectivity index (χ0) is 15.5. The van der Waals surface area contributed by atoms with E-state index < -0.39 is 0 Å². The van der Waals surface area contributed by atoms with Gasteiger partial charge in [-0.1, -0.05) is 17.8 Å². The third-order valence-corrected chi connectivity index (χ3v) is 5.65. The molecule has 2 aromatic heterocycles. The van der Waals surface area contributed by atoms with Crippen molar-refractivity contribution in [1.82, 2.24) is 19.8 Å². The number of nitrogens with two attached hydrogens (primary N) is 1. The SMILES string of the molecule is C[C@H]1CCCCN1C(=O)CSc1nnc(-c2cccs2)n1N. The maximum Gasteiger partial charge on any atom is 0.233 e. The van der Waals surface area contributed by atoms with Crippen molar-refractivity contribution in [2.75, 3.05) is 18.1 Å². The lowest BCUT2D eigenvalue weighted by molar-refractivity contribution is -0.131. The first kappa shape index (κ1) is 15.4. The third-order valence-electron chi connectivity index (χ3n) is 3.85. The van der Waals surface area contributed by atoms with Crippen molar-refractivity contribution >= 4 is 29.0 Å². The van der Waals surface area contributed by atoms with E-state index in [-0.39, 0.29) is 5.91 Å². The highest BCUT2D eigenvalue weighted by atomic mass is 32.2. The first-order valence-corrected chi connectivity index (χ1v) is 9.20. The Morgan fingerprint density at radius 1 is 1.50 bits per heavy atom. The van der Waals surface area contributed by atoms with Gasteiger partial charge in [-0.15, -0.1) is 21.5 Å². The van der Waals surface area contributed by atoms with Crippen molar-refractivity contribution in [2.45, 2.75) is 37.4 Å². The van der Waals surface area contributed by atoms with Gasteiger partial charge >= 0.3 is 0 Å². The summed E-state index contributed by atoms with van der Waals surface area (Å²) in [7, 11) is 0. The third kappa shape index (κ3) is 3.12. The molecule has 0 aromatic carbocycles. The lowest BCUT2D eigenvalue weighted by Gasteiger charge is -2.33. The van der Waals surface area contributed by atoms with Gasteiger partial charge in [-0.05, 0) is 37.6 Å². The minimum absolute atomic E-state index is 0.151. The van der Waals surface area contributed by atoms with Crippen LogP contribution in [0.4, 0.5) is 0 Å². The number of aromatic nitrogens is 3. The molecular formula is C14H19N5OS2. The Morgan fingerprint density at radius 2 is 2.36 bits per heavy atom. The van der Waals surface area contributed by atoms with Crippen LogP contribution in [0.1, 0.15) is 26.2 Å². The van der Waals surface area contributed by atoms with Gasteiger partial charge in [0.2, 0.25) is 11.1 Å². The highest BCUT2D eigenvalue weighted by molar-refractivity contribution is 7.99. The second-order valence-electron chi connectivity index (χ2n) is 5.37. The number of nitrogens with zero attached hydrogens (tertiary/aromatic N) is 4. The van der Waals surface area contributed by atoms with Crippen LogP contribution in [0.15, 0.2) is 22.7 Å². The highest BCUT2D eigenvalue weighted by Crippen LogP contribution is 2.26. The molecule has 3 heterocycles. The molecule has 6 nitrogen and oxygen atoms in total.